The average molecular weight is 400 g/mol. The summed E-state index contributed by atoms with van der Waals surface area (Å²) in [6, 6.07) is 8.19. The van der Waals surface area contributed by atoms with Crippen LogP contribution in [0.2, 0.25) is 0 Å². The van der Waals surface area contributed by atoms with Gasteiger partial charge in [0.05, 0.1) is 42.4 Å². The normalized spacial score (nSPS) is 20.8. The highest BCUT2D eigenvalue weighted by molar-refractivity contribution is 7.12. The van der Waals surface area contributed by atoms with Crippen LogP contribution >= 0.6 is 11.3 Å². The maximum Gasteiger partial charge on any atom is 0.290 e. The van der Waals surface area contributed by atoms with Crippen LogP contribution < -0.4 is 4.90 Å². The number of aliphatic hydroxyl groups is 1. The maximum absolute atomic E-state index is 13.1. The van der Waals surface area contributed by atoms with Gasteiger partial charge in [0.2, 0.25) is 5.78 Å². The SMILES string of the molecule is O=C(C1=C(O)C(=O)N(CC[NH+]2CCOCC2)[C@H]1c1ccccn1)c1cccs1. The van der Waals surface area contributed by atoms with Crippen LogP contribution in [0.5, 0.6) is 0 Å². The molecule has 28 heavy (non-hydrogen) atoms. The minimum absolute atomic E-state index is 0.114. The highest BCUT2D eigenvalue weighted by Crippen LogP contribution is 2.38. The van der Waals surface area contributed by atoms with Gasteiger partial charge in [-0.05, 0) is 23.6 Å². The summed E-state index contributed by atoms with van der Waals surface area (Å²) in [4.78, 5) is 33.7. The summed E-state index contributed by atoms with van der Waals surface area (Å²) < 4.78 is 5.39. The van der Waals surface area contributed by atoms with Crippen molar-refractivity contribution in [1.82, 2.24) is 9.88 Å². The number of nitrogens with one attached hydrogen (secondary N) is 1. The first-order valence-corrected chi connectivity index (χ1v) is 10.2. The largest absolute Gasteiger partial charge is 0.503 e. The van der Waals surface area contributed by atoms with Gasteiger partial charge < -0.3 is 19.6 Å². The monoisotopic (exact) mass is 400 g/mol. The molecule has 2 aromatic rings. The van der Waals surface area contributed by atoms with Crippen molar-refractivity contribution in [2.24, 2.45) is 0 Å². The summed E-state index contributed by atoms with van der Waals surface area (Å²) in [6.07, 6.45) is 1.63. The lowest BCUT2D eigenvalue weighted by Gasteiger charge is -2.29. The van der Waals surface area contributed by atoms with E-state index in [1.54, 1.807) is 40.7 Å². The molecule has 1 saturated heterocycles. The number of rotatable bonds is 6. The quantitative estimate of drug-likeness (QED) is 0.695. The first kappa shape index (κ1) is 18.8. The van der Waals surface area contributed by atoms with Crippen LogP contribution in [0.1, 0.15) is 21.4 Å². The number of aromatic nitrogens is 1. The van der Waals surface area contributed by atoms with E-state index in [4.69, 9.17) is 4.74 Å². The minimum Gasteiger partial charge on any atom is -0.503 e. The molecular weight excluding hydrogens is 378 g/mol. The zero-order valence-corrected chi connectivity index (χ0v) is 16.2. The molecule has 4 heterocycles. The molecule has 0 unspecified atom stereocenters. The van der Waals surface area contributed by atoms with Crippen LogP contribution in [0.15, 0.2) is 53.2 Å². The number of carbonyl (C=O) groups is 2. The molecule has 1 fully saturated rings. The molecular formula is C20H22N3O4S+. The van der Waals surface area contributed by atoms with Crippen molar-refractivity contribution in [2.45, 2.75) is 6.04 Å². The Morgan fingerprint density at radius 1 is 1.29 bits per heavy atom. The van der Waals surface area contributed by atoms with Crippen molar-refractivity contribution in [3.63, 3.8) is 0 Å². The minimum atomic E-state index is -0.677. The Morgan fingerprint density at radius 3 is 2.79 bits per heavy atom. The Labute approximate surface area is 166 Å². The molecule has 1 atom stereocenters. The number of ketones is 1. The van der Waals surface area contributed by atoms with Crippen molar-refractivity contribution in [3.05, 3.63) is 63.8 Å². The Hall–Kier alpha value is -2.55. The summed E-state index contributed by atoms with van der Waals surface area (Å²) >= 11 is 1.29. The lowest BCUT2D eigenvalue weighted by Crippen LogP contribution is -3.14. The molecule has 0 aliphatic carbocycles. The Balaban J connectivity index is 1.64. The van der Waals surface area contributed by atoms with E-state index >= 15 is 0 Å². The molecule has 2 aliphatic rings. The number of quaternary nitrogens is 1. The number of hydrogen-bond donors (Lipinski definition) is 2. The lowest BCUT2D eigenvalue weighted by atomic mass is 9.99. The third-order valence-electron chi connectivity index (χ3n) is 5.17. The number of thiophene rings is 1. The van der Waals surface area contributed by atoms with Gasteiger partial charge in [0, 0.05) is 6.20 Å². The number of Topliss-reactive ketones (excluding diaryl/α,β-unsaturated/α-hetero) is 1. The van der Waals surface area contributed by atoms with Crippen LogP contribution in [0.4, 0.5) is 0 Å². The average Bonchev–Trinajstić information content (AvgIpc) is 3.36. The van der Waals surface area contributed by atoms with E-state index in [-0.39, 0.29) is 11.4 Å². The number of hydrogen-bond acceptors (Lipinski definition) is 6. The van der Waals surface area contributed by atoms with Gasteiger partial charge in [0.1, 0.15) is 19.1 Å². The fraction of sp³-hybridized carbons (Fsp3) is 0.350. The summed E-state index contributed by atoms with van der Waals surface area (Å²) in [5.74, 6) is -1.30. The van der Waals surface area contributed by atoms with Gasteiger partial charge in [0.15, 0.2) is 5.76 Å². The molecule has 2 aromatic heterocycles. The second-order valence-corrected chi connectivity index (χ2v) is 7.78. The van der Waals surface area contributed by atoms with Gasteiger partial charge in [-0.3, -0.25) is 14.6 Å². The second kappa shape index (κ2) is 8.22. The van der Waals surface area contributed by atoms with Crippen LogP contribution in [-0.4, -0.2) is 66.1 Å². The van der Waals surface area contributed by atoms with Crippen molar-refractivity contribution in [1.29, 1.82) is 0 Å². The van der Waals surface area contributed by atoms with Gasteiger partial charge in [-0.1, -0.05) is 12.1 Å². The van der Waals surface area contributed by atoms with Gasteiger partial charge in [-0.25, -0.2) is 0 Å². The zero-order chi connectivity index (χ0) is 19.5. The van der Waals surface area contributed by atoms with E-state index in [1.165, 1.54) is 16.2 Å². The predicted molar refractivity (Wildman–Crippen MR) is 103 cm³/mol. The molecule has 1 amide bonds. The van der Waals surface area contributed by atoms with Crippen LogP contribution in [-0.2, 0) is 9.53 Å². The van der Waals surface area contributed by atoms with E-state index in [1.807, 2.05) is 6.07 Å². The van der Waals surface area contributed by atoms with Crippen molar-refractivity contribution >= 4 is 23.0 Å². The highest BCUT2D eigenvalue weighted by Gasteiger charge is 2.44. The molecule has 2 N–H and O–H groups in total. The van der Waals surface area contributed by atoms with E-state index < -0.39 is 17.7 Å². The highest BCUT2D eigenvalue weighted by atomic mass is 32.1. The number of ether oxygens (including phenoxy) is 1. The first-order valence-electron chi connectivity index (χ1n) is 9.31. The van der Waals surface area contributed by atoms with Crippen LogP contribution in [0.25, 0.3) is 0 Å². The third-order valence-corrected chi connectivity index (χ3v) is 6.04. The number of aliphatic hydroxyl groups excluding tert-OH is 1. The van der Waals surface area contributed by atoms with Crippen molar-refractivity contribution < 1.29 is 24.3 Å². The first-order chi connectivity index (χ1) is 13.7. The number of morpholine rings is 1. The van der Waals surface area contributed by atoms with Crippen LogP contribution in [0, 0.1) is 0 Å². The summed E-state index contributed by atoms with van der Waals surface area (Å²) in [5, 5.41) is 12.4. The number of pyridine rings is 1. The molecule has 7 nitrogen and oxygen atoms in total. The molecule has 146 valence electrons. The molecule has 0 aromatic carbocycles. The third kappa shape index (κ3) is 3.58. The molecule has 8 heteroatoms. The molecule has 0 spiro atoms. The molecule has 2 aliphatic heterocycles. The summed E-state index contributed by atoms with van der Waals surface area (Å²) in [5.41, 5.74) is 0.694. The topological polar surface area (TPSA) is 84.2 Å². The van der Waals surface area contributed by atoms with Gasteiger partial charge in [0.25, 0.3) is 5.91 Å². The molecule has 4 rings (SSSR count). The number of carbonyl (C=O) groups excluding carboxylic acids is 2. The van der Waals surface area contributed by atoms with Crippen LogP contribution in [0.3, 0.4) is 0 Å². The van der Waals surface area contributed by atoms with E-state index in [9.17, 15) is 14.7 Å². The van der Waals surface area contributed by atoms with E-state index in [0.717, 1.165) is 19.6 Å². The lowest BCUT2D eigenvalue weighted by molar-refractivity contribution is -0.907. The molecule has 0 bridgehead atoms. The van der Waals surface area contributed by atoms with Gasteiger partial charge >= 0.3 is 0 Å². The predicted octanol–water partition coefficient (Wildman–Crippen LogP) is 0.637. The Morgan fingerprint density at radius 2 is 2.11 bits per heavy atom. The van der Waals surface area contributed by atoms with Crippen molar-refractivity contribution in [3.8, 4) is 0 Å². The smallest absolute Gasteiger partial charge is 0.290 e. The number of nitrogens with zero attached hydrogens (tertiary/aromatic N) is 2. The van der Waals surface area contributed by atoms with Gasteiger partial charge in [-0.2, -0.15) is 0 Å². The van der Waals surface area contributed by atoms with Gasteiger partial charge in [-0.15, -0.1) is 11.3 Å². The van der Waals surface area contributed by atoms with E-state index in [2.05, 4.69) is 4.98 Å². The zero-order valence-electron chi connectivity index (χ0n) is 15.3. The fourth-order valence-electron chi connectivity index (χ4n) is 3.69. The second-order valence-electron chi connectivity index (χ2n) is 6.84. The maximum atomic E-state index is 13.1. The molecule has 0 saturated carbocycles. The molecule has 0 radical (unpaired) electrons. The number of amides is 1. The van der Waals surface area contributed by atoms with Crippen molar-refractivity contribution in [2.75, 3.05) is 39.4 Å². The standard InChI is InChI=1S/C20H21N3O4S/c24-18(15-5-3-13-28-15)16-17(14-4-1-2-6-21-14)23(20(26)19(16)25)8-7-22-9-11-27-12-10-22/h1-6,13,17,25H,7-12H2/p+1/t17-/m0/s1. The Kier molecular flexibility index (Phi) is 5.52. The summed E-state index contributed by atoms with van der Waals surface area (Å²) in [6.45, 7) is 4.34. The van der Waals surface area contributed by atoms with E-state index in [0.29, 0.717) is 30.3 Å². The fourth-order valence-corrected chi connectivity index (χ4v) is 4.37. The Bertz CT molecular complexity index is 876. The summed E-state index contributed by atoms with van der Waals surface area (Å²) in [7, 11) is 0.